The van der Waals surface area contributed by atoms with Crippen LogP contribution < -0.4 is 25.2 Å². The average Bonchev–Trinajstić information content (AvgIpc) is 3.03. The van der Waals surface area contributed by atoms with Crippen molar-refractivity contribution in [3.05, 3.63) is 41.4 Å². The molecule has 3 N–H and O–H groups in total. The van der Waals surface area contributed by atoms with Crippen molar-refractivity contribution in [3.8, 4) is 11.5 Å². The van der Waals surface area contributed by atoms with Crippen molar-refractivity contribution in [2.45, 2.75) is 64.5 Å². The molecule has 0 bridgehead atoms. The summed E-state index contributed by atoms with van der Waals surface area (Å²) in [6.07, 6.45) is 2.74. The Morgan fingerprint density at radius 2 is 1.84 bits per heavy atom. The van der Waals surface area contributed by atoms with Crippen LogP contribution in [0.5, 0.6) is 11.5 Å². The molecular formula is C32H48N8O5. The Bertz CT molecular complexity index is 1390. The maximum absolute atomic E-state index is 12.4. The second-order valence-corrected chi connectivity index (χ2v) is 12.0. The van der Waals surface area contributed by atoms with Gasteiger partial charge >= 0.3 is 6.02 Å². The highest BCUT2D eigenvalue weighted by Crippen LogP contribution is 2.37. The molecule has 13 nitrogen and oxygen atoms in total. The molecule has 2 fully saturated rings. The van der Waals surface area contributed by atoms with E-state index in [4.69, 9.17) is 25.0 Å². The fraction of sp³-hybridized carbons (Fsp3) is 0.594. The number of likely N-dealkylation sites (N-methyl/N-ethyl adjacent to an activating group) is 1. The Labute approximate surface area is 265 Å². The van der Waals surface area contributed by atoms with E-state index in [1.807, 2.05) is 40.0 Å². The minimum absolute atomic E-state index is 0.0175. The molecule has 0 radical (unpaired) electrons. The number of methoxy groups -OCH3 is 1. The van der Waals surface area contributed by atoms with E-state index >= 15 is 0 Å². The third-order valence-corrected chi connectivity index (χ3v) is 8.36. The van der Waals surface area contributed by atoms with E-state index in [0.29, 0.717) is 50.7 Å². The van der Waals surface area contributed by atoms with Crippen LogP contribution in [0.15, 0.2) is 30.3 Å². The fourth-order valence-electron chi connectivity index (χ4n) is 5.76. The van der Waals surface area contributed by atoms with Crippen LogP contribution in [0.1, 0.15) is 57.9 Å². The Morgan fingerprint density at radius 1 is 1.09 bits per heavy atom. The van der Waals surface area contributed by atoms with Gasteiger partial charge in [-0.05, 0) is 69.7 Å². The van der Waals surface area contributed by atoms with Gasteiger partial charge in [0.05, 0.1) is 19.8 Å². The van der Waals surface area contributed by atoms with Gasteiger partial charge in [0.15, 0.2) is 5.49 Å². The number of ether oxygens (including phenoxy) is 3. The molecule has 2 aliphatic rings. The molecule has 45 heavy (non-hydrogen) atoms. The number of carbonyl (C=O) groups is 2. The Kier molecular flexibility index (Phi) is 11.8. The lowest BCUT2D eigenvalue weighted by Crippen LogP contribution is -2.55. The lowest BCUT2D eigenvalue weighted by Gasteiger charge is -2.37. The first-order valence-corrected chi connectivity index (χ1v) is 15.8. The minimum atomic E-state index is -0.200. The molecule has 4 rings (SSSR count). The van der Waals surface area contributed by atoms with Crippen LogP contribution in [0.25, 0.3) is 0 Å². The summed E-state index contributed by atoms with van der Waals surface area (Å²) in [5.41, 5.74) is 1.19. The molecule has 1 aromatic carbocycles. The van der Waals surface area contributed by atoms with Crippen LogP contribution in [-0.4, -0.2) is 110 Å². The number of amides is 2. The Morgan fingerprint density at radius 3 is 2.56 bits per heavy atom. The molecule has 2 amide bonds. The second kappa shape index (κ2) is 15.7. The van der Waals surface area contributed by atoms with E-state index in [0.717, 1.165) is 43.8 Å². The minimum Gasteiger partial charge on any atom is -0.493 e. The summed E-state index contributed by atoms with van der Waals surface area (Å²) in [6.45, 7) is 10.4. The SMILES string of the molecule is COC(=N)n1nc(N2CCC(c3ccc(OCCN4CCN(C)C(=O)[C@H]4C)cc3OCCCC(=O)NC(C)C)CC2)ccc1=N. The number of aromatic nitrogens is 2. The van der Waals surface area contributed by atoms with Gasteiger partial charge in [0, 0.05) is 58.3 Å². The smallest absolute Gasteiger partial charge is 0.311 e. The molecule has 0 aliphatic carbocycles. The number of piperazine rings is 1. The van der Waals surface area contributed by atoms with Gasteiger partial charge in [0.1, 0.15) is 23.9 Å². The molecule has 2 aromatic rings. The van der Waals surface area contributed by atoms with E-state index < -0.39 is 0 Å². The number of hydrogen-bond acceptors (Lipinski definition) is 10. The first-order chi connectivity index (χ1) is 21.6. The van der Waals surface area contributed by atoms with E-state index in [9.17, 15) is 9.59 Å². The molecule has 3 heterocycles. The van der Waals surface area contributed by atoms with E-state index in [1.165, 1.54) is 11.8 Å². The first-order valence-electron chi connectivity index (χ1n) is 15.8. The molecule has 2 aliphatic heterocycles. The van der Waals surface area contributed by atoms with E-state index in [2.05, 4.69) is 26.3 Å². The van der Waals surface area contributed by atoms with Crippen LogP contribution in [-0.2, 0) is 14.3 Å². The van der Waals surface area contributed by atoms with Crippen LogP contribution >= 0.6 is 0 Å². The van der Waals surface area contributed by atoms with Gasteiger partial charge in [-0.1, -0.05) is 6.07 Å². The molecule has 1 aromatic heterocycles. The quantitative estimate of drug-likeness (QED) is 0.185. The lowest BCUT2D eigenvalue weighted by atomic mass is 9.88. The van der Waals surface area contributed by atoms with Crippen molar-refractivity contribution >= 4 is 23.7 Å². The number of anilines is 1. The third-order valence-electron chi connectivity index (χ3n) is 8.36. The zero-order chi connectivity index (χ0) is 32.5. The number of carbonyl (C=O) groups excluding carboxylic acids is 2. The average molecular weight is 625 g/mol. The summed E-state index contributed by atoms with van der Waals surface area (Å²) < 4.78 is 18.6. The molecule has 13 heteroatoms. The molecule has 1 atom stereocenters. The van der Waals surface area contributed by atoms with Gasteiger partial charge in [-0.25, -0.2) is 5.41 Å². The van der Waals surface area contributed by atoms with Crippen LogP contribution in [0, 0.1) is 10.8 Å². The summed E-state index contributed by atoms with van der Waals surface area (Å²) in [5.74, 6) is 2.58. The number of nitrogens with zero attached hydrogens (tertiary/aromatic N) is 5. The molecular weight excluding hydrogens is 576 g/mol. The van der Waals surface area contributed by atoms with Gasteiger partial charge in [-0.3, -0.25) is 19.9 Å². The second-order valence-electron chi connectivity index (χ2n) is 12.0. The monoisotopic (exact) mass is 624 g/mol. The Balaban J connectivity index is 1.41. The standard InChI is InChI=1S/C32H48N8O5/c1-22(2)35-30(41)7-6-19-45-27-21-25(44-20-18-38-17-16-37(4)31(42)23(38)3)8-9-26(27)24-12-14-39(15-13-24)29-11-10-28(33)40(36-29)32(34)43-5/h8-11,21-24,33-34H,6-7,12-20H2,1-5H3,(H,35,41)/t23-/m1/s1. The zero-order valence-electron chi connectivity index (χ0n) is 27.2. The predicted molar refractivity (Wildman–Crippen MR) is 171 cm³/mol. The summed E-state index contributed by atoms with van der Waals surface area (Å²) in [7, 11) is 3.23. The van der Waals surface area contributed by atoms with Gasteiger partial charge in [-0.2, -0.15) is 4.68 Å². The predicted octanol–water partition coefficient (Wildman–Crippen LogP) is 2.40. The molecule has 0 spiro atoms. The molecule has 2 saturated heterocycles. The van der Waals surface area contributed by atoms with Crippen molar-refractivity contribution in [1.29, 1.82) is 10.8 Å². The summed E-state index contributed by atoms with van der Waals surface area (Å²) in [5, 5.41) is 23.4. The van der Waals surface area contributed by atoms with Crippen molar-refractivity contribution < 1.29 is 23.8 Å². The highest BCUT2D eigenvalue weighted by Gasteiger charge is 2.29. The van der Waals surface area contributed by atoms with Crippen LogP contribution in [0.3, 0.4) is 0 Å². The topological polar surface area (TPSA) is 149 Å². The number of nitrogens with one attached hydrogen (secondary N) is 3. The summed E-state index contributed by atoms with van der Waals surface area (Å²) in [6, 6.07) is 9.18. The maximum atomic E-state index is 12.4. The van der Waals surface area contributed by atoms with Crippen molar-refractivity contribution in [1.82, 2.24) is 24.9 Å². The van der Waals surface area contributed by atoms with Crippen molar-refractivity contribution in [2.75, 3.05) is 65.0 Å². The third kappa shape index (κ3) is 8.96. The van der Waals surface area contributed by atoms with Gasteiger partial charge in [0.25, 0.3) is 0 Å². The lowest BCUT2D eigenvalue weighted by molar-refractivity contribution is -0.139. The van der Waals surface area contributed by atoms with E-state index in [-0.39, 0.29) is 41.3 Å². The van der Waals surface area contributed by atoms with Crippen LogP contribution in [0.2, 0.25) is 0 Å². The number of hydrogen-bond donors (Lipinski definition) is 3. The number of benzene rings is 1. The fourth-order valence-corrected chi connectivity index (χ4v) is 5.76. The Hall–Kier alpha value is -4.13. The largest absolute Gasteiger partial charge is 0.493 e. The molecule has 0 unspecified atom stereocenters. The number of rotatable bonds is 12. The van der Waals surface area contributed by atoms with Crippen molar-refractivity contribution in [2.24, 2.45) is 0 Å². The van der Waals surface area contributed by atoms with Gasteiger partial charge < -0.3 is 29.3 Å². The molecule has 246 valence electrons. The number of piperidine rings is 1. The highest BCUT2D eigenvalue weighted by atomic mass is 16.5. The zero-order valence-corrected chi connectivity index (χ0v) is 27.2. The van der Waals surface area contributed by atoms with Crippen LogP contribution in [0.4, 0.5) is 5.82 Å². The molecule has 0 saturated carbocycles. The van der Waals surface area contributed by atoms with Gasteiger partial charge in [-0.15, -0.1) is 5.10 Å². The van der Waals surface area contributed by atoms with Crippen molar-refractivity contribution in [3.63, 3.8) is 0 Å². The van der Waals surface area contributed by atoms with Gasteiger partial charge in [0.2, 0.25) is 11.8 Å². The highest BCUT2D eigenvalue weighted by molar-refractivity contribution is 5.82. The first kappa shape index (κ1) is 33.8. The van der Waals surface area contributed by atoms with E-state index in [1.54, 1.807) is 17.0 Å². The summed E-state index contributed by atoms with van der Waals surface area (Å²) in [4.78, 5) is 30.6. The summed E-state index contributed by atoms with van der Waals surface area (Å²) >= 11 is 0. The maximum Gasteiger partial charge on any atom is 0.311 e. The normalized spacial score (nSPS) is 17.8.